The molecule has 2 N–H and O–H groups in total. The molecule has 2 heterocycles. The van der Waals surface area contributed by atoms with Gasteiger partial charge in [0.2, 0.25) is 5.13 Å². The van der Waals surface area contributed by atoms with E-state index in [1.807, 2.05) is 0 Å². The minimum absolute atomic E-state index is 0.314. The highest BCUT2D eigenvalue weighted by Gasteiger charge is 2.10. The molecule has 0 aromatic carbocycles. The van der Waals surface area contributed by atoms with E-state index in [1.165, 1.54) is 17.4 Å². The van der Waals surface area contributed by atoms with Crippen LogP contribution in [0.1, 0.15) is 15.2 Å². The smallest absolute Gasteiger partial charge is 0.328 e. The van der Waals surface area contributed by atoms with Crippen molar-refractivity contribution in [3.8, 4) is 0 Å². The molecule has 2 aromatic rings. The van der Waals surface area contributed by atoms with Gasteiger partial charge in [0, 0.05) is 27.9 Å². The molecule has 2 rings (SSSR count). The Hall–Kier alpha value is -2.13. The Morgan fingerprint density at radius 3 is 2.94 bits per heavy atom. The lowest BCUT2D eigenvalue weighted by atomic mass is 10.3. The van der Waals surface area contributed by atoms with Crippen LogP contribution in [-0.2, 0) is 4.79 Å². The fourth-order valence-corrected chi connectivity index (χ4v) is 2.21. The molecule has 0 fully saturated rings. The van der Waals surface area contributed by atoms with Crippen LogP contribution in [0.3, 0.4) is 0 Å². The second kappa shape index (κ2) is 5.47. The van der Waals surface area contributed by atoms with Crippen molar-refractivity contribution in [3.05, 3.63) is 28.0 Å². The van der Waals surface area contributed by atoms with Crippen LogP contribution in [0.4, 0.5) is 5.13 Å². The number of carbonyl (C=O) groups is 2. The third-order valence-electron chi connectivity index (χ3n) is 1.79. The van der Waals surface area contributed by atoms with Crippen LogP contribution in [0, 0.1) is 0 Å². The molecule has 92 valence electrons. The Kier molecular flexibility index (Phi) is 3.75. The lowest BCUT2D eigenvalue weighted by molar-refractivity contribution is -0.131. The van der Waals surface area contributed by atoms with Crippen LogP contribution < -0.4 is 5.32 Å². The predicted molar refractivity (Wildman–Crippen MR) is 66.6 cm³/mol. The number of carboxylic acids is 1. The lowest BCUT2D eigenvalue weighted by Gasteiger charge is -1.95. The highest BCUT2D eigenvalue weighted by atomic mass is 32.1. The number of aromatic nitrogens is 3. The van der Waals surface area contributed by atoms with Crippen LogP contribution >= 0.6 is 22.9 Å². The van der Waals surface area contributed by atoms with Crippen LogP contribution in [0.15, 0.2) is 17.5 Å². The first-order valence-corrected chi connectivity index (χ1v) is 6.26. The normalized spacial score (nSPS) is 10.7. The number of thiophene rings is 1. The summed E-state index contributed by atoms with van der Waals surface area (Å²) in [6.07, 6.45) is 2.44. The number of hydrogen-bond donors (Lipinski definition) is 2. The fourth-order valence-electron chi connectivity index (χ4n) is 1.06. The van der Waals surface area contributed by atoms with Crippen LogP contribution in [0.25, 0.3) is 6.08 Å². The van der Waals surface area contributed by atoms with Gasteiger partial charge in [-0.1, -0.05) is 9.59 Å². The molecular formula is C9H6N4O3S2. The van der Waals surface area contributed by atoms with Gasteiger partial charge in [0.05, 0.1) is 5.56 Å². The van der Waals surface area contributed by atoms with Gasteiger partial charge in [-0.15, -0.1) is 11.3 Å². The van der Waals surface area contributed by atoms with E-state index in [4.69, 9.17) is 5.11 Å². The number of amides is 1. The Bertz CT molecular complexity index is 591. The summed E-state index contributed by atoms with van der Waals surface area (Å²) >= 11 is 2.25. The molecule has 2 aromatic heterocycles. The first kappa shape index (κ1) is 12.3. The largest absolute Gasteiger partial charge is 0.478 e. The second-order valence-electron chi connectivity index (χ2n) is 3.03. The molecule has 0 aliphatic heterocycles. The van der Waals surface area contributed by atoms with Gasteiger partial charge in [0.1, 0.15) is 0 Å². The summed E-state index contributed by atoms with van der Waals surface area (Å²) in [6.45, 7) is 0. The Morgan fingerprint density at radius 2 is 2.28 bits per heavy atom. The second-order valence-corrected chi connectivity index (χ2v) is 4.71. The first-order chi connectivity index (χ1) is 8.65. The maximum absolute atomic E-state index is 11.7. The van der Waals surface area contributed by atoms with Crippen molar-refractivity contribution in [1.29, 1.82) is 0 Å². The molecule has 0 aliphatic carbocycles. The monoisotopic (exact) mass is 282 g/mol. The molecule has 0 aliphatic rings. The molecule has 0 saturated carbocycles. The van der Waals surface area contributed by atoms with Crippen molar-refractivity contribution in [2.24, 2.45) is 0 Å². The van der Waals surface area contributed by atoms with Gasteiger partial charge in [0.15, 0.2) is 0 Å². The van der Waals surface area contributed by atoms with Crippen LogP contribution in [0.5, 0.6) is 0 Å². The van der Waals surface area contributed by atoms with Gasteiger partial charge < -0.3 is 5.11 Å². The zero-order valence-electron chi connectivity index (χ0n) is 8.73. The van der Waals surface area contributed by atoms with Crippen molar-refractivity contribution < 1.29 is 14.7 Å². The Morgan fingerprint density at radius 1 is 1.44 bits per heavy atom. The van der Waals surface area contributed by atoms with Crippen molar-refractivity contribution in [2.45, 2.75) is 0 Å². The molecule has 1 amide bonds. The number of nitrogens with one attached hydrogen (secondary N) is 1. The number of anilines is 1. The maximum Gasteiger partial charge on any atom is 0.328 e. The summed E-state index contributed by atoms with van der Waals surface area (Å²) in [5.74, 6) is -1.37. The molecule has 18 heavy (non-hydrogen) atoms. The van der Waals surface area contributed by atoms with Crippen LogP contribution in [-0.4, -0.2) is 31.8 Å². The zero-order valence-corrected chi connectivity index (χ0v) is 10.4. The van der Waals surface area contributed by atoms with Crippen molar-refractivity contribution in [2.75, 3.05) is 5.32 Å². The highest BCUT2D eigenvalue weighted by Crippen LogP contribution is 2.17. The maximum atomic E-state index is 11.7. The molecule has 0 atom stereocenters. The number of carboxylic acid groups (broad SMARTS) is 1. The minimum Gasteiger partial charge on any atom is -0.478 e. The summed E-state index contributed by atoms with van der Waals surface area (Å²) in [5, 5.41) is 19.9. The third kappa shape index (κ3) is 3.18. The van der Waals surface area contributed by atoms with Crippen LogP contribution in [0.2, 0.25) is 0 Å². The number of nitrogens with zero attached hydrogens (tertiary/aromatic N) is 3. The molecular weight excluding hydrogens is 276 g/mol. The van der Waals surface area contributed by atoms with Gasteiger partial charge in [-0.25, -0.2) is 4.79 Å². The Labute approximate surface area is 109 Å². The number of hydrogen-bond acceptors (Lipinski definition) is 7. The van der Waals surface area contributed by atoms with Crippen molar-refractivity contribution in [3.63, 3.8) is 0 Å². The average Bonchev–Trinajstić information content (AvgIpc) is 2.96. The van der Waals surface area contributed by atoms with Gasteiger partial charge >= 0.3 is 5.97 Å². The molecule has 0 radical (unpaired) electrons. The number of aliphatic carboxylic acids is 1. The quantitative estimate of drug-likeness (QED) is 0.820. The van der Waals surface area contributed by atoms with Crippen molar-refractivity contribution >= 4 is 46.0 Å². The molecule has 0 spiro atoms. The minimum atomic E-state index is -1.03. The van der Waals surface area contributed by atoms with Gasteiger partial charge in [-0.2, -0.15) is 0 Å². The highest BCUT2D eigenvalue weighted by molar-refractivity contribution is 7.11. The average molecular weight is 282 g/mol. The van der Waals surface area contributed by atoms with Crippen molar-refractivity contribution in [1.82, 2.24) is 14.8 Å². The van der Waals surface area contributed by atoms with E-state index in [9.17, 15) is 9.59 Å². The standard InChI is InChI=1S/C9H6N4O3S2/c14-7(15)2-1-6-3-5(4-17-6)8(16)10-9-11-12-13-18-9/h1-4H,(H,14,15)(H,10,11,13,16)/b2-1+. The van der Waals surface area contributed by atoms with E-state index in [1.54, 1.807) is 11.4 Å². The topological polar surface area (TPSA) is 105 Å². The number of rotatable bonds is 4. The van der Waals surface area contributed by atoms with E-state index >= 15 is 0 Å². The molecule has 0 unspecified atom stereocenters. The van der Waals surface area contributed by atoms with Gasteiger partial charge in [0.25, 0.3) is 5.91 Å². The summed E-state index contributed by atoms with van der Waals surface area (Å²) in [5.41, 5.74) is 0.431. The lowest BCUT2D eigenvalue weighted by Crippen LogP contribution is -2.10. The summed E-state index contributed by atoms with van der Waals surface area (Å²) in [6, 6.07) is 1.59. The van der Waals surface area contributed by atoms with E-state index in [2.05, 4.69) is 20.1 Å². The van der Waals surface area contributed by atoms with E-state index in [0.29, 0.717) is 15.6 Å². The fraction of sp³-hybridized carbons (Fsp3) is 0. The van der Waals surface area contributed by atoms with Gasteiger partial charge in [-0.05, 0) is 17.4 Å². The first-order valence-electron chi connectivity index (χ1n) is 4.61. The molecule has 7 nitrogen and oxygen atoms in total. The van der Waals surface area contributed by atoms with E-state index in [-0.39, 0.29) is 5.91 Å². The third-order valence-corrected chi connectivity index (χ3v) is 3.20. The SMILES string of the molecule is O=C(O)/C=C/c1cc(C(=O)Nc2nnns2)cs1. The zero-order chi connectivity index (χ0) is 13.0. The Balaban J connectivity index is 2.05. The predicted octanol–water partition coefficient (Wildman–Crippen LogP) is 1.34. The van der Waals surface area contributed by atoms with E-state index < -0.39 is 5.97 Å². The van der Waals surface area contributed by atoms with E-state index in [0.717, 1.165) is 17.6 Å². The number of carbonyl (C=O) groups excluding carboxylic acids is 1. The summed E-state index contributed by atoms with van der Waals surface area (Å²) in [7, 11) is 0. The molecule has 9 heteroatoms. The van der Waals surface area contributed by atoms with Gasteiger partial charge in [-0.3, -0.25) is 10.1 Å². The summed E-state index contributed by atoms with van der Waals surface area (Å²) in [4.78, 5) is 22.8. The molecule has 0 bridgehead atoms. The summed E-state index contributed by atoms with van der Waals surface area (Å²) < 4.78 is 3.51. The molecule has 0 saturated heterocycles.